The third kappa shape index (κ3) is 2.40. The number of anilines is 2. The third-order valence-electron chi connectivity index (χ3n) is 4.72. The molecule has 106 valence electrons. The number of piperidine rings is 1. The maximum atomic E-state index is 5.90. The number of rotatable bonds is 3. The first-order valence-corrected chi connectivity index (χ1v) is 8.14. The number of hydrogen-bond acceptors (Lipinski definition) is 5. The zero-order valence-electron chi connectivity index (χ0n) is 11.7. The van der Waals surface area contributed by atoms with Crippen molar-refractivity contribution in [3.8, 4) is 5.75 Å². The average Bonchev–Trinajstić information content (AvgIpc) is 3.01. The second-order valence-electron chi connectivity index (χ2n) is 5.83. The standard InChI is InChI=1S/C14H23N3OS/c1-2-18-11-12(15)16-19-13(11)17-9-7-14(8-10-17)5-3-4-6-14/h2-10H2,1H3,(H2,15,16). The van der Waals surface area contributed by atoms with Crippen LogP contribution < -0.4 is 15.4 Å². The molecule has 0 atom stereocenters. The van der Waals surface area contributed by atoms with Gasteiger partial charge < -0.3 is 15.4 Å². The van der Waals surface area contributed by atoms with Crippen molar-refractivity contribution in [1.29, 1.82) is 0 Å². The summed E-state index contributed by atoms with van der Waals surface area (Å²) in [5.41, 5.74) is 6.55. The average molecular weight is 281 g/mol. The Morgan fingerprint density at radius 3 is 2.58 bits per heavy atom. The SMILES string of the molecule is CCOc1c(N)nsc1N1CCC2(CCCC2)CC1. The monoisotopic (exact) mass is 281 g/mol. The lowest BCUT2D eigenvalue weighted by Crippen LogP contribution is -2.38. The summed E-state index contributed by atoms with van der Waals surface area (Å²) in [7, 11) is 0. The molecule has 1 saturated heterocycles. The molecule has 0 radical (unpaired) electrons. The quantitative estimate of drug-likeness (QED) is 0.923. The summed E-state index contributed by atoms with van der Waals surface area (Å²) in [5.74, 6) is 1.35. The van der Waals surface area contributed by atoms with Gasteiger partial charge in [0.15, 0.2) is 16.6 Å². The number of nitrogens with zero attached hydrogens (tertiary/aromatic N) is 2. The second kappa shape index (κ2) is 5.19. The Bertz CT molecular complexity index is 430. The predicted molar refractivity (Wildman–Crippen MR) is 80.0 cm³/mol. The molecule has 1 saturated carbocycles. The van der Waals surface area contributed by atoms with Gasteiger partial charge in [-0.1, -0.05) is 12.8 Å². The molecule has 1 aliphatic heterocycles. The highest BCUT2D eigenvalue weighted by Gasteiger charge is 2.37. The molecule has 3 rings (SSSR count). The lowest BCUT2D eigenvalue weighted by Gasteiger charge is -2.39. The summed E-state index contributed by atoms with van der Waals surface area (Å²) in [6, 6.07) is 0. The first-order chi connectivity index (χ1) is 9.24. The van der Waals surface area contributed by atoms with Crippen molar-refractivity contribution in [3.05, 3.63) is 0 Å². The third-order valence-corrected chi connectivity index (χ3v) is 5.63. The van der Waals surface area contributed by atoms with Crippen molar-refractivity contribution < 1.29 is 4.74 Å². The molecular formula is C14H23N3OS. The van der Waals surface area contributed by atoms with Crippen LogP contribution in [0.2, 0.25) is 0 Å². The molecule has 2 N–H and O–H groups in total. The summed E-state index contributed by atoms with van der Waals surface area (Å²) in [4.78, 5) is 2.42. The van der Waals surface area contributed by atoms with Crippen LogP contribution in [-0.4, -0.2) is 24.1 Å². The smallest absolute Gasteiger partial charge is 0.197 e. The summed E-state index contributed by atoms with van der Waals surface area (Å²) in [5, 5.41) is 1.13. The zero-order chi connectivity index (χ0) is 13.3. The van der Waals surface area contributed by atoms with Gasteiger partial charge in [-0.15, -0.1) is 0 Å². The Balaban J connectivity index is 1.71. The molecule has 1 aromatic rings. The van der Waals surface area contributed by atoms with Gasteiger partial charge in [0.1, 0.15) is 0 Å². The van der Waals surface area contributed by atoms with Crippen molar-refractivity contribution in [2.24, 2.45) is 5.41 Å². The zero-order valence-corrected chi connectivity index (χ0v) is 12.5. The number of nitrogen functional groups attached to an aromatic ring is 1. The van der Waals surface area contributed by atoms with E-state index in [2.05, 4.69) is 9.27 Å². The molecule has 0 bridgehead atoms. The lowest BCUT2D eigenvalue weighted by atomic mass is 9.77. The van der Waals surface area contributed by atoms with E-state index in [1.54, 1.807) is 0 Å². The van der Waals surface area contributed by atoms with Crippen LogP contribution in [0.25, 0.3) is 0 Å². The molecule has 2 heterocycles. The van der Waals surface area contributed by atoms with Crippen LogP contribution in [-0.2, 0) is 0 Å². The highest BCUT2D eigenvalue weighted by molar-refractivity contribution is 7.11. The van der Waals surface area contributed by atoms with Gasteiger partial charge in [-0.3, -0.25) is 0 Å². The Labute approximate surface area is 119 Å². The van der Waals surface area contributed by atoms with E-state index in [9.17, 15) is 0 Å². The van der Waals surface area contributed by atoms with Crippen molar-refractivity contribution in [1.82, 2.24) is 4.37 Å². The second-order valence-corrected chi connectivity index (χ2v) is 6.58. The van der Waals surface area contributed by atoms with Crippen LogP contribution in [0.15, 0.2) is 0 Å². The van der Waals surface area contributed by atoms with Crippen LogP contribution >= 0.6 is 11.5 Å². The molecule has 1 spiro atoms. The normalized spacial score (nSPS) is 22.1. The molecule has 0 aromatic carbocycles. The van der Waals surface area contributed by atoms with Crippen molar-refractivity contribution in [3.63, 3.8) is 0 Å². The highest BCUT2D eigenvalue weighted by atomic mass is 32.1. The number of ether oxygens (including phenoxy) is 1. The van der Waals surface area contributed by atoms with Crippen LogP contribution in [0.4, 0.5) is 10.8 Å². The van der Waals surface area contributed by atoms with E-state index in [0.717, 1.165) is 23.8 Å². The van der Waals surface area contributed by atoms with Crippen LogP contribution in [0, 0.1) is 5.41 Å². The number of nitrogens with two attached hydrogens (primary N) is 1. The van der Waals surface area contributed by atoms with Crippen LogP contribution in [0.5, 0.6) is 5.75 Å². The summed E-state index contributed by atoms with van der Waals surface area (Å²) >= 11 is 1.48. The summed E-state index contributed by atoms with van der Waals surface area (Å²) in [6.45, 7) is 4.89. The first-order valence-electron chi connectivity index (χ1n) is 7.37. The van der Waals surface area contributed by atoms with Gasteiger partial charge in [0.2, 0.25) is 0 Å². The topological polar surface area (TPSA) is 51.4 Å². The van der Waals surface area contributed by atoms with E-state index in [-0.39, 0.29) is 0 Å². The Kier molecular flexibility index (Phi) is 3.56. The van der Waals surface area contributed by atoms with Crippen molar-refractivity contribution in [2.75, 3.05) is 30.3 Å². The van der Waals surface area contributed by atoms with E-state index in [4.69, 9.17) is 10.5 Å². The van der Waals surface area contributed by atoms with Crippen LogP contribution in [0.1, 0.15) is 45.4 Å². The summed E-state index contributed by atoms with van der Waals surface area (Å²) < 4.78 is 9.91. The number of hydrogen-bond donors (Lipinski definition) is 1. The Morgan fingerprint density at radius 1 is 1.26 bits per heavy atom. The minimum Gasteiger partial charge on any atom is -0.487 e. The molecule has 5 heteroatoms. The fourth-order valence-electron chi connectivity index (χ4n) is 3.58. The Morgan fingerprint density at radius 2 is 1.95 bits per heavy atom. The fourth-order valence-corrected chi connectivity index (χ4v) is 4.39. The molecule has 1 aliphatic carbocycles. The maximum Gasteiger partial charge on any atom is 0.197 e. The minimum atomic E-state index is 0.544. The highest BCUT2D eigenvalue weighted by Crippen LogP contribution is 2.48. The molecule has 0 unspecified atom stereocenters. The van der Waals surface area contributed by atoms with Crippen molar-refractivity contribution in [2.45, 2.75) is 45.4 Å². The largest absolute Gasteiger partial charge is 0.487 e. The van der Waals surface area contributed by atoms with Crippen molar-refractivity contribution >= 4 is 22.4 Å². The van der Waals surface area contributed by atoms with E-state index < -0.39 is 0 Å². The van der Waals surface area contributed by atoms with Gasteiger partial charge in [0.05, 0.1) is 6.61 Å². The molecule has 0 amide bonds. The molecule has 2 fully saturated rings. The van der Waals surface area contributed by atoms with Gasteiger partial charge in [0, 0.05) is 13.1 Å². The van der Waals surface area contributed by atoms with Gasteiger partial charge in [0.25, 0.3) is 0 Å². The molecule has 2 aliphatic rings. The number of aromatic nitrogens is 1. The van der Waals surface area contributed by atoms with E-state index in [1.165, 1.54) is 50.1 Å². The Hall–Kier alpha value is -0.970. The predicted octanol–water partition coefficient (Wildman–Crippen LogP) is 3.28. The van der Waals surface area contributed by atoms with Gasteiger partial charge in [-0.2, -0.15) is 4.37 Å². The minimum absolute atomic E-state index is 0.544. The maximum absolute atomic E-state index is 5.90. The fraction of sp³-hybridized carbons (Fsp3) is 0.786. The molecule has 4 nitrogen and oxygen atoms in total. The molecule has 1 aromatic heterocycles. The summed E-state index contributed by atoms with van der Waals surface area (Å²) in [6.07, 6.45) is 8.36. The van der Waals surface area contributed by atoms with Crippen LogP contribution in [0.3, 0.4) is 0 Å². The van der Waals surface area contributed by atoms with Gasteiger partial charge >= 0.3 is 0 Å². The lowest BCUT2D eigenvalue weighted by molar-refractivity contribution is 0.226. The first kappa shape index (κ1) is 13.0. The molecular weight excluding hydrogens is 258 g/mol. The van der Waals surface area contributed by atoms with Gasteiger partial charge in [-0.05, 0) is 49.6 Å². The van der Waals surface area contributed by atoms with E-state index in [1.807, 2.05) is 6.92 Å². The molecule has 19 heavy (non-hydrogen) atoms. The van der Waals surface area contributed by atoms with E-state index in [0.29, 0.717) is 17.8 Å². The van der Waals surface area contributed by atoms with Gasteiger partial charge in [-0.25, -0.2) is 0 Å². The van der Waals surface area contributed by atoms with E-state index >= 15 is 0 Å².